The van der Waals surface area contributed by atoms with Gasteiger partial charge in [0.1, 0.15) is 0 Å². The summed E-state index contributed by atoms with van der Waals surface area (Å²) in [5.41, 5.74) is 16.1. The summed E-state index contributed by atoms with van der Waals surface area (Å²) < 4.78 is 5.07. The zero-order valence-electron chi connectivity index (χ0n) is 37.3. The van der Waals surface area contributed by atoms with E-state index in [9.17, 15) is 0 Å². The molecular weight excluding hydrogens is 821 g/mol. The Morgan fingerprint density at radius 1 is 0.176 bits per heavy atom. The van der Waals surface area contributed by atoms with Gasteiger partial charge in [-0.1, -0.05) is 218 Å². The van der Waals surface area contributed by atoms with Gasteiger partial charge in [-0.3, -0.25) is 0 Å². The third-order valence-electron chi connectivity index (χ3n) is 13.7. The molecule has 0 aliphatic heterocycles. The molecule has 0 saturated carbocycles. The number of hydrogen-bond acceptors (Lipinski definition) is 0. The summed E-state index contributed by atoms with van der Waals surface area (Å²) in [6.07, 6.45) is 0. The van der Waals surface area contributed by atoms with Crippen LogP contribution in [0.5, 0.6) is 0 Å². The fourth-order valence-corrected chi connectivity index (χ4v) is 10.5. The van der Waals surface area contributed by atoms with Gasteiger partial charge >= 0.3 is 0 Å². The Morgan fingerprint density at radius 2 is 0.456 bits per heavy atom. The standard InChI is InChI=1S/C66H44N2/c1-5-19-47(20-6-1)61-37-38-62(48-21-7-2-8-22-48)67(61)65-57-35-33-55(53-31-29-45-17-13-15-27-51(45)41-53)43-59(57)66(60-44-56(34-36-58(60)65)54-32-30-46-18-14-16-28-52(46)42-54)68-63(49-23-9-3-10-24-49)39-40-64(68)50-25-11-4-12-26-50/h1-44H. The number of hydrogen-bond donors (Lipinski definition) is 0. The highest BCUT2D eigenvalue weighted by Crippen LogP contribution is 2.47. The zero-order valence-corrected chi connectivity index (χ0v) is 37.3. The minimum atomic E-state index is 1.13. The fraction of sp³-hybridized carbons (Fsp3) is 0. The number of aromatic nitrogens is 2. The largest absolute Gasteiger partial charge is 0.308 e. The molecule has 0 aliphatic rings. The molecule has 13 rings (SSSR count). The van der Waals surface area contributed by atoms with Gasteiger partial charge in [0.25, 0.3) is 0 Å². The molecule has 0 amide bonds. The summed E-state index contributed by atoms with van der Waals surface area (Å²) in [4.78, 5) is 0. The number of rotatable bonds is 8. The van der Waals surface area contributed by atoms with Crippen LogP contribution in [0.2, 0.25) is 0 Å². The predicted molar refractivity (Wildman–Crippen MR) is 288 cm³/mol. The van der Waals surface area contributed by atoms with Gasteiger partial charge in [-0.05, 0) is 115 Å². The van der Waals surface area contributed by atoms with Crippen LogP contribution in [-0.2, 0) is 0 Å². The van der Waals surface area contributed by atoms with E-state index < -0.39 is 0 Å². The average molecular weight is 865 g/mol. The minimum absolute atomic E-state index is 1.13. The summed E-state index contributed by atoms with van der Waals surface area (Å²) in [5, 5.41) is 9.54. The van der Waals surface area contributed by atoms with Crippen molar-refractivity contribution in [2.75, 3.05) is 0 Å². The molecule has 0 unspecified atom stereocenters. The van der Waals surface area contributed by atoms with Gasteiger partial charge in [0.2, 0.25) is 0 Å². The minimum Gasteiger partial charge on any atom is -0.308 e. The van der Waals surface area contributed by atoms with Gasteiger partial charge < -0.3 is 9.13 Å². The van der Waals surface area contributed by atoms with Crippen LogP contribution in [0.1, 0.15) is 0 Å². The van der Waals surface area contributed by atoms with Crippen LogP contribution >= 0.6 is 0 Å². The lowest BCUT2D eigenvalue weighted by Crippen LogP contribution is -2.07. The lowest BCUT2D eigenvalue weighted by atomic mass is 9.91. The second-order valence-electron chi connectivity index (χ2n) is 17.7. The van der Waals surface area contributed by atoms with Gasteiger partial charge in [0.15, 0.2) is 0 Å². The second-order valence-corrected chi connectivity index (χ2v) is 17.7. The van der Waals surface area contributed by atoms with Crippen LogP contribution in [0.4, 0.5) is 0 Å². The molecule has 0 fully saturated rings. The van der Waals surface area contributed by atoms with Crippen molar-refractivity contribution >= 4 is 43.1 Å². The van der Waals surface area contributed by atoms with Crippen molar-refractivity contribution in [3.63, 3.8) is 0 Å². The van der Waals surface area contributed by atoms with Crippen molar-refractivity contribution in [1.29, 1.82) is 0 Å². The van der Waals surface area contributed by atoms with E-state index in [-0.39, 0.29) is 0 Å². The first kappa shape index (κ1) is 39.4. The molecule has 0 aliphatic carbocycles. The van der Waals surface area contributed by atoms with Crippen LogP contribution in [0.3, 0.4) is 0 Å². The summed E-state index contributed by atoms with van der Waals surface area (Å²) >= 11 is 0. The van der Waals surface area contributed by atoms with Crippen LogP contribution in [-0.4, -0.2) is 9.13 Å². The van der Waals surface area contributed by atoms with Crippen molar-refractivity contribution in [1.82, 2.24) is 9.13 Å². The van der Waals surface area contributed by atoms with Gasteiger partial charge in [-0.2, -0.15) is 0 Å². The Hall–Kier alpha value is -8.98. The first-order chi connectivity index (χ1) is 33.7. The first-order valence-corrected chi connectivity index (χ1v) is 23.4. The molecule has 0 spiro atoms. The second kappa shape index (κ2) is 16.5. The maximum atomic E-state index is 2.54. The Labute approximate surface area is 395 Å². The molecule has 2 heterocycles. The lowest BCUT2D eigenvalue weighted by Gasteiger charge is -2.25. The molecule has 0 atom stereocenters. The molecule has 318 valence electrons. The van der Waals surface area contributed by atoms with Crippen LogP contribution in [0.25, 0.3) is 122 Å². The molecular formula is C66H44N2. The van der Waals surface area contributed by atoms with Crippen molar-refractivity contribution in [2.24, 2.45) is 0 Å². The molecule has 0 saturated heterocycles. The third-order valence-corrected chi connectivity index (χ3v) is 13.7. The Morgan fingerprint density at radius 3 is 0.809 bits per heavy atom. The molecule has 2 nitrogen and oxygen atoms in total. The Kier molecular flexibility index (Phi) is 9.54. The van der Waals surface area contributed by atoms with E-state index in [2.05, 4.69) is 276 Å². The topological polar surface area (TPSA) is 9.86 Å². The van der Waals surface area contributed by atoms with Gasteiger partial charge in [0, 0.05) is 21.5 Å². The summed E-state index contributed by atoms with van der Waals surface area (Å²) in [7, 11) is 0. The summed E-state index contributed by atoms with van der Waals surface area (Å²) in [6, 6.07) is 98.0. The van der Waals surface area contributed by atoms with E-state index >= 15 is 0 Å². The van der Waals surface area contributed by atoms with E-state index in [4.69, 9.17) is 0 Å². The smallest absolute Gasteiger partial charge is 0.0620 e. The van der Waals surface area contributed by atoms with Crippen molar-refractivity contribution in [3.8, 4) is 78.7 Å². The van der Waals surface area contributed by atoms with Crippen LogP contribution in [0, 0.1) is 0 Å². The molecule has 13 aromatic rings. The Balaban J connectivity index is 1.22. The molecule has 0 radical (unpaired) electrons. The van der Waals surface area contributed by atoms with Crippen LogP contribution < -0.4 is 0 Å². The highest BCUT2D eigenvalue weighted by Gasteiger charge is 2.25. The van der Waals surface area contributed by atoms with Crippen molar-refractivity contribution < 1.29 is 0 Å². The maximum Gasteiger partial charge on any atom is 0.0620 e. The lowest BCUT2D eigenvalue weighted by molar-refractivity contribution is 1.10. The highest BCUT2D eigenvalue weighted by atomic mass is 15.0. The number of benzene rings is 11. The van der Waals surface area contributed by atoms with Crippen molar-refractivity contribution in [2.45, 2.75) is 0 Å². The quantitative estimate of drug-likeness (QED) is 0.135. The van der Waals surface area contributed by atoms with E-state index in [1.54, 1.807) is 0 Å². The van der Waals surface area contributed by atoms with E-state index in [0.717, 1.165) is 89.1 Å². The molecule has 11 aromatic carbocycles. The summed E-state index contributed by atoms with van der Waals surface area (Å²) in [6.45, 7) is 0. The van der Waals surface area contributed by atoms with Crippen molar-refractivity contribution in [3.05, 3.63) is 267 Å². The molecule has 2 heteroatoms. The monoisotopic (exact) mass is 864 g/mol. The molecule has 68 heavy (non-hydrogen) atoms. The molecule has 2 aromatic heterocycles. The Bertz CT molecular complexity index is 3740. The maximum absolute atomic E-state index is 2.54. The zero-order chi connectivity index (χ0) is 45.0. The van der Waals surface area contributed by atoms with Crippen LogP contribution in [0.15, 0.2) is 267 Å². The third kappa shape index (κ3) is 6.73. The number of fused-ring (bicyclic) bond motifs is 4. The van der Waals surface area contributed by atoms with Gasteiger partial charge in [-0.25, -0.2) is 0 Å². The van der Waals surface area contributed by atoms with E-state index in [1.165, 1.54) is 32.7 Å². The predicted octanol–water partition coefficient (Wildman–Crippen LogP) is 17.9. The normalized spacial score (nSPS) is 11.5. The van der Waals surface area contributed by atoms with E-state index in [1.807, 2.05) is 0 Å². The number of nitrogens with zero attached hydrogens (tertiary/aromatic N) is 2. The SMILES string of the molecule is c1ccc(-c2ccc(-c3ccccc3)n2-c2c3ccc(-c4ccc5ccccc5c4)cc3c(-n3c(-c4ccccc4)ccc3-c3ccccc3)c3cc(-c4ccc5ccccc5c4)ccc23)cc1. The first-order valence-electron chi connectivity index (χ1n) is 23.4. The molecule has 0 bridgehead atoms. The molecule has 0 N–H and O–H groups in total. The van der Waals surface area contributed by atoms with Gasteiger partial charge in [0.05, 0.1) is 34.2 Å². The average Bonchev–Trinajstić information content (AvgIpc) is 4.06. The summed E-state index contributed by atoms with van der Waals surface area (Å²) in [5.74, 6) is 0. The highest BCUT2D eigenvalue weighted by molar-refractivity contribution is 6.17. The van der Waals surface area contributed by atoms with E-state index in [0.29, 0.717) is 0 Å². The fourth-order valence-electron chi connectivity index (χ4n) is 10.5. The van der Waals surface area contributed by atoms with Gasteiger partial charge in [-0.15, -0.1) is 0 Å².